The van der Waals surface area contributed by atoms with Gasteiger partial charge in [-0.3, -0.25) is 4.79 Å². The van der Waals surface area contributed by atoms with Crippen LogP contribution in [0.15, 0.2) is 59.5 Å². The van der Waals surface area contributed by atoms with E-state index >= 15 is 0 Å². The number of carbonyl (C=O) groups excluding carboxylic acids is 1. The van der Waals surface area contributed by atoms with Crippen molar-refractivity contribution in [2.75, 3.05) is 18.8 Å². The number of carbonyl (C=O) groups is 1. The van der Waals surface area contributed by atoms with Crippen LogP contribution in [0, 0.1) is 0 Å². The van der Waals surface area contributed by atoms with Crippen molar-refractivity contribution in [2.45, 2.75) is 36.7 Å². The van der Waals surface area contributed by atoms with Gasteiger partial charge in [-0.25, -0.2) is 4.98 Å². The summed E-state index contributed by atoms with van der Waals surface area (Å²) >= 11 is 3.41. The zero-order valence-electron chi connectivity index (χ0n) is 15.8. The van der Waals surface area contributed by atoms with Gasteiger partial charge >= 0.3 is 0 Å². The van der Waals surface area contributed by atoms with E-state index < -0.39 is 0 Å². The highest BCUT2D eigenvalue weighted by Crippen LogP contribution is 2.29. The van der Waals surface area contributed by atoms with Gasteiger partial charge in [0.05, 0.1) is 10.2 Å². The first-order chi connectivity index (χ1) is 13.8. The van der Waals surface area contributed by atoms with Crippen LogP contribution >= 0.6 is 23.1 Å². The van der Waals surface area contributed by atoms with Gasteiger partial charge in [0, 0.05) is 37.2 Å². The first-order valence-electron chi connectivity index (χ1n) is 9.76. The largest absolute Gasteiger partial charge is 0.467 e. The second-order valence-electron chi connectivity index (χ2n) is 6.91. The van der Waals surface area contributed by atoms with E-state index in [1.165, 1.54) is 4.90 Å². The van der Waals surface area contributed by atoms with E-state index in [4.69, 9.17) is 4.74 Å². The molecule has 1 fully saturated rings. The summed E-state index contributed by atoms with van der Waals surface area (Å²) in [6, 6.07) is 18.4. The summed E-state index contributed by atoms with van der Waals surface area (Å²) in [5.41, 5.74) is 0.989. The Balaban J connectivity index is 1.17. The number of thioether (sulfide) groups is 1. The second-order valence-corrected chi connectivity index (χ2v) is 9.07. The van der Waals surface area contributed by atoms with E-state index in [0.29, 0.717) is 6.42 Å². The van der Waals surface area contributed by atoms with Crippen LogP contribution in [0.4, 0.5) is 0 Å². The Morgan fingerprint density at radius 1 is 1.11 bits per heavy atom. The van der Waals surface area contributed by atoms with Crippen LogP contribution in [-0.4, -0.2) is 40.7 Å². The van der Waals surface area contributed by atoms with Crippen LogP contribution in [0.5, 0.6) is 5.19 Å². The number of likely N-dealkylation sites (tertiary alicyclic amines) is 1. The monoisotopic (exact) mass is 412 g/mol. The summed E-state index contributed by atoms with van der Waals surface area (Å²) in [4.78, 5) is 20.3. The van der Waals surface area contributed by atoms with Crippen molar-refractivity contribution < 1.29 is 9.53 Å². The molecule has 4 nitrogen and oxygen atoms in total. The average molecular weight is 413 g/mol. The van der Waals surface area contributed by atoms with Crippen LogP contribution in [-0.2, 0) is 4.79 Å². The van der Waals surface area contributed by atoms with Gasteiger partial charge in [0.25, 0.3) is 5.19 Å². The topological polar surface area (TPSA) is 42.4 Å². The molecule has 0 unspecified atom stereocenters. The first-order valence-corrected chi connectivity index (χ1v) is 11.6. The molecule has 1 aliphatic heterocycles. The number of ether oxygens (including phenoxy) is 1. The summed E-state index contributed by atoms with van der Waals surface area (Å²) in [7, 11) is 0. The van der Waals surface area contributed by atoms with E-state index in [-0.39, 0.29) is 12.0 Å². The fraction of sp³-hybridized carbons (Fsp3) is 0.364. The molecule has 2 heterocycles. The van der Waals surface area contributed by atoms with Gasteiger partial charge in [0.15, 0.2) is 0 Å². The first kappa shape index (κ1) is 19.3. The number of amides is 1. The third-order valence-electron chi connectivity index (χ3n) is 4.88. The molecule has 3 aromatic rings. The van der Waals surface area contributed by atoms with Gasteiger partial charge in [-0.05, 0) is 36.4 Å². The Bertz CT molecular complexity index is 872. The molecule has 0 bridgehead atoms. The Hall–Kier alpha value is -2.05. The van der Waals surface area contributed by atoms with Gasteiger partial charge in [-0.15, -0.1) is 11.8 Å². The highest BCUT2D eigenvalue weighted by molar-refractivity contribution is 7.99. The quantitative estimate of drug-likeness (QED) is 0.393. The van der Waals surface area contributed by atoms with E-state index in [0.717, 1.165) is 53.5 Å². The molecule has 0 atom stereocenters. The predicted molar refractivity (Wildman–Crippen MR) is 116 cm³/mol. The number of rotatable bonds is 7. The number of aromatic nitrogens is 1. The molecule has 0 N–H and O–H groups in total. The average Bonchev–Trinajstić information content (AvgIpc) is 3.14. The van der Waals surface area contributed by atoms with Gasteiger partial charge in [-0.1, -0.05) is 41.7 Å². The maximum atomic E-state index is 12.5. The van der Waals surface area contributed by atoms with Crippen molar-refractivity contribution in [3.63, 3.8) is 0 Å². The van der Waals surface area contributed by atoms with Gasteiger partial charge in [-0.2, -0.15) is 0 Å². The molecule has 28 heavy (non-hydrogen) atoms. The molecule has 0 aliphatic carbocycles. The van der Waals surface area contributed by atoms with Crippen LogP contribution in [0.25, 0.3) is 10.2 Å². The molecule has 1 saturated heterocycles. The number of nitrogens with zero attached hydrogens (tertiary/aromatic N) is 2. The SMILES string of the molecule is O=C(CCCSc1ccccc1)N1CCC(Oc2nc3ccccc3s2)CC1. The van der Waals surface area contributed by atoms with E-state index in [9.17, 15) is 4.79 Å². The number of thiazole rings is 1. The van der Waals surface area contributed by atoms with Crippen LogP contribution in [0.1, 0.15) is 25.7 Å². The zero-order chi connectivity index (χ0) is 19.2. The van der Waals surface area contributed by atoms with Crippen molar-refractivity contribution in [3.05, 3.63) is 54.6 Å². The summed E-state index contributed by atoms with van der Waals surface area (Å²) in [6.45, 7) is 1.56. The molecular weight excluding hydrogens is 388 g/mol. The molecule has 4 rings (SSSR count). The number of hydrogen-bond acceptors (Lipinski definition) is 5. The molecule has 1 amide bonds. The standard InChI is InChI=1S/C22H24N2O2S2/c25-21(11-6-16-27-18-7-2-1-3-8-18)24-14-12-17(13-15-24)26-22-23-19-9-4-5-10-20(19)28-22/h1-5,7-10,17H,6,11-16H2. The summed E-state index contributed by atoms with van der Waals surface area (Å²) < 4.78 is 7.23. The Morgan fingerprint density at radius 3 is 2.64 bits per heavy atom. The minimum atomic E-state index is 0.151. The number of hydrogen-bond donors (Lipinski definition) is 0. The molecule has 1 aromatic heterocycles. The number of para-hydroxylation sites is 1. The normalized spacial score (nSPS) is 15.1. The Kier molecular flexibility index (Phi) is 6.49. The molecule has 0 spiro atoms. The highest BCUT2D eigenvalue weighted by Gasteiger charge is 2.24. The maximum absolute atomic E-state index is 12.5. The van der Waals surface area contributed by atoms with E-state index in [1.54, 1.807) is 11.3 Å². The zero-order valence-corrected chi connectivity index (χ0v) is 17.4. The Morgan fingerprint density at radius 2 is 1.86 bits per heavy atom. The smallest absolute Gasteiger partial charge is 0.274 e. The minimum absolute atomic E-state index is 0.151. The number of benzene rings is 2. The van der Waals surface area contributed by atoms with Crippen LogP contribution in [0.2, 0.25) is 0 Å². The third kappa shape index (κ3) is 5.06. The minimum Gasteiger partial charge on any atom is -0.467 e. The second kappa shape index (κ2) is 9.43. The lowest BCUT2D eigenvalue weighted by Gasteiger charge is -2.31. The van der Waals surface area contributed by atoms with Crippen molar-refractivity contribution in [3.8, 4) is 5.19 Å². The van der Waals surface area contributed by atoms with E-state index in [1.807, 2.05) is 53.1 Å². The van der Waals surface area contributed by atoms with Gasteiger partial charge in [0.1, 0.15) is 6.10 Å². The van der Waals surface area contributed by atoms with Gasteiger partial charge < -0.3 is 9.64 Å². The van der Waals surface area contributed by atoms with Crippen molar-refractivity contribution >= 4 is 39.2 Å². The summed E-state index contributed by atoms with van der Waals surface area (Å²) in [5.74, 6) is 1.25. The highest BCUT2D eigenvalue weighted by atomic mass is 32.2. The molecule has 146 valence electrons. The predicted octanol–water partition coefficient (Wildman–Crippen LogP) is 5.24. The molecule has 0 saturated carbocycles. The fourth-order valence-corrected chi connectivity index (χ4v) is 5.11. The molecular formula is C22H24N2O2S2. The molecule has 2 aromatic carbocycles. The van der Waals surface area contributed by atoms with Crippen molar-refractivity contribution in [2.24, 2.45) is 0 Å². The van der Waals surface area contributed by atoms with Crippen molar-refractivity contribution in [1.82, 2.24) is 9.88 Å². The lowest BCUT2D eigenvalue weighted by Crippen LogP contribution is -2.41. The van der Waals surface area contributed by atoms with Crippen molar-refractivity contribution in [1.29, 1.82) is 0 Å². The summed E-state index contributed by atoms with van der Waals surface area (Å²) in [5, 5.41) is 0.740. The number of piperidine rings is 1. The molecule has 1 aliphatic rings. The third-order valence-corrected chi connectivity index (χ3v) is 6.91. The molecule has 0 radical (unpaired) electrons. The van der Waals surface area contributed by atoms with Crippen LogP contribution in [0.3, 0.4) is 0 Å². The molecule has 6 heteroatoms. The number of fused-ring (bicyclic) bond motifs is 1. The van der Waals surface area contributed by atoms with Gasteiger partial charge in [0.2, 0.25) is 5.91 Å². The maximum Gasteiger partial charge on any atom is 0.274 e. The lowest BCUT2D eigenvalue weighted by molar-refractivity contribution is -0.133. The summed E-state index contributed by atoms with van der Waals surface area (Å²) in [6.07, 6.45) is 3.45. The van der Waals surface area contributed by atoms with E-state index in [2.05, 4.69) is 23.2 Å². The Labute approximate surface area is 173 Å². The lowest BCUT2D eigenvalue weighted by atomic mass is 10.1. The fourth-order valence-electron chi connectivity index (χ4n) is 3.36. The van der Waals surface area contributed by atoms with Crippen LogP contribution < -0.4 is 4.74 Å².